The van der Waals surface area contributed by atoms with Crippen molar-refractivity contribution in [1.82, 2.24) is 10.6 Å². The maximum absolute atomic E-state index is 12.3. The Bertz CT molecular complexity index is 1560. The van der Waals surface area contributed by atoms with Crippen LogP contribution in [0.1, 0.15) is 107 Å². The fraction of sp³-hybridized carbons (Fsp3) is 0.707. The van der Waals surface area contributed by atoms with Crippen molar-refractivity contribution >= 4 is 45.4 Å². The van der Waals surface area contributed by atoms with Gasteiger partial charge < -0.3 is 40.2 Å². The van der Waals surface area contributed by atoms with E-state index in [1.165, 1.54) is 19.1 Å². The molecule has 2 heterocycles. The monoisotopic (exact) mass is 843 g/mol. The molecule has 0 saturated carbocycles. The van der Waals surface area contributed by atoms with Crippen molar-refractivity contribution in [2.45, 2.75) is 144 Å². The number of carbonyl (C=O) groups is 6. The third kappa shape index (κ3) is 24.2. The minimum atomic E-state index is -4.27. The van der Waals surface area contributed by atoms with Crippen LogP contribution in [-0.4, -0.2) is 104 Å². The fourth-order valence-corrected chi connectivity index (χ4v) is 5.69. The number of aryl methyl sites for hydroxylation is 1. The Morgan fingerprint density at radius 3 is 1.64 bits per heavy atom. The van der Waals surface area contributed by atoms with Crippen molar-refractivity contribution < 1.29 is 66.8 Å². The van der Waals surface area contributed by atoms with Crippen LogP contribution >= 0.6 is 0 Å². The quantitative estimate of drug-likeness (QED) is 0.0836. The molecule has 2 amide bonds. The zero-order valence-electron chi connectivity index (χ0n) is 36.2. The average Bonchev–Trinajstić information content (AvgIpc) is 4.02. The Morgan fingerprint density at radius 2 is 1.26 bits per heavy atom. The number of esters is 1. The van der Waals surface area contributed by atoms with Crippen molar-refractivity contribution in [1.29, 1.82) is 0 Å². The lowest BCUT2D eigenvalue weighted by molar-refractivity contribution is -0.406. The largest absolute Gasteiger partial charge is 0.744 e. The number of aliphatic carboxylic acids is 1. The van der Waals surface area contributed by atoms with Gasteiger partial charge in [0.25, 0.3) is 5.91 Å². The van der Waals surface area contributed by atoms with E-state index in [4.69, 9.17) is 9.84 Å². The van der Waals surface area contributed by atoms with Gasteiger partial charge in [-0.2, -0.15) is 0 Å². The molecule has 1 aromatic carbocycles. The molecule has 0 aromatic heterocycles. The van der Waals surface area contributed by atoms with Crippen LogP contribution in [0, 0.1) is 36.5 Å². The SMILES string of the molecule is CC(=O)[C@H]1O[C@@H]1C(=O)C[C@@H](CC(C)C)C(=O)NCCC(C)C.CC(C)CCNC(=O)[C@@H]([NH3+])CC(C)C.CCOC(=O)[C@H]1O[C@@H]1C(=O)O.Cc1ccc(S(=O)(=O)[O-])cc1. The van der Waals surface area contributed by atoms with Crippen molar-refractivity contribution in [3.05, 3.63) is 29.8 Å². The maximum atomic E-state index is 12.3. The van der Waals surface area contributed by atoms with Gasteiger partial charge in [-0.1, -0.05) is 73.1 Å². The Hall–Kier alpha value is -3.77. The molecule has 3 rings (SSSR count). The molecule has 6 atom stereocenters. The summed E-state index contributed by atoms with van der Waals surface area (Å²) < 4.78 is 45.3. The zero-order valence-corrected chi connectivity index (χ0v) is 37.0. The second kappa shape index (κ2) is 27.1. The number of carboxylic acid groups (broad SMARTS) is 1. The summed E-state index contributed by atoms with van der Waals surface area (Å²) in [5, 5.41) is 14.1. The number of Topliss-reactive ketones (excluding diaryl/α,β-unsaturated/α-hetero) is 2. The third-order valence-electron chi connectivity index (χ3n) is 8.52. The Kier molecular flexibility index (Phi) is 25.3. The highest BCUT2D eigenvalue weighted by Gasteiger charge is 2.52. The molecule has 0 radical (unpaired) electrons. The lowest BCUT2D eigenvalue weighted by Gasteiger charge is -2.18. The lowest BCUT2D eigenvalue weighted by Crippen LogP contribution is -2.67. The third-order valence-corrected chi connectivity index (χ3v) is 9.37. The molecule has 0 bridgehead atoms. The topological polar surface area (TPSA) is 266 Å². The summed E-state index contributed by atoms with van der Waals surface area (Å²) in [5.41, 5.74) is 4.79. The maximum Gasteiger partial charge on any atom is 0.338 e. The predicted octanol–water partition coefficient (Wildman–Crippen LogP) is 3.23. The first-order valence-electron chi connectivity index (χ1n) is 20.0. The van der Waals surface area contributed by atoms with E-state index in [2.05, 4.69) is 67.4 Å². The molecule has 0 spiro atoms. The van der Waals surface area contributed by atoms with Crippen LogP contribution in [0.3, 0.4) is 0 Å². The molecule has 0 unspecified atom stereocenters. The van der Waals surface area contributed by atoms with Gasteiger partial charge >= 0.3 is 11.9 Å². The van der Waals surface area contributed by atoms with E-state index in [9.17, 15) is 41.7 Å². The minimum absolute atomic E-state index is 0.0669. The van der Waals surface area contributed by atoms with E-state index in [0.717, 1.165) is 31.4 Å². The lowest BCUT2D eigenvalue weighted by atomic mass is 9.90. The first kappa shape index (κ1) is 54.2. The second-order valence-corrected chi connectivity index (χ2v) is 17.6. The molecule has 2 aliphatic rings. The van der Waals surface area contributed by atoms with Crippen molar-refractivity contribution in [3.63, 3.8) is 0 Å². The number of quaternary nitrogens is 1. The number of ketones is 2. The fourth-order valence-electron chi connectivity index (χ4n) is 5.22. The van der Waals surface area contributed by atoms with Gasteiger partial charge in [-0.25, -0.2) is 18.0 Å². The summed E-state index contributed by atoms with van der Waals surface area (Å²) in [6.45, 7) is 23.3. The highest BCUT2D eigenvalue weighted by Crippen LogP contribution is 2.28. The van der Waals surface area contributed by atoms with Crippen LogP contribution in [0.15, 0.2) is 29.2 Å². The van der Waals surface area contributed by atoms with Crippen molar-refractivity contribution in [2.24, 2.45) is 29.6 Å². The molecule has 6 N–H and O–H groups in total. The summed E-state index contributed by atoms with van der Waals surface area (Å²) in [4.78, 5) is 67.8. The number of rotatable bonds is 20. The summed E-state index contributed by atoms with van der Waals surface area (Å²) in [7, 11) is -4.27. The van der Waals surface area contributed by atoms with Gasteiger partial charge in [-0.3, -0.25) is 19.2 Å². The number of epoxide rings is 2. The standard InChI is InChI=1S/C17H29NO4.C11H24N2O.C7H8O3S.C6H8O5/c1-10(2)6-7-18-17(21)13(8-11(3)4)9-14(20)16-15(22-16)12(5)19;1-8(2)5-6-13-11(14)10(12)7-9(3)4;1-6-2-4-7(5-3-6)11(8,9)10;1-2-10-6(9)4-3(11-4)5(7)8/h10-11,13,15-16H,6-9H2,1-5H3,(H,18,21);8-10H,5-7,12H2,1-4H3,(H,13,14);2-5H,1H3,(H,8,9,10);3-4H,2H2,1H3,(H,7,8)/t13-,15-,16-;10-;;3-,4-/m10.0/s1. The Balaban J connectivity index is 0.000000784. The molecule has 16 nitrogen and oxygen atoms in total. The number of hydrogen-bond donors (Lipinski definition) is 4. The molecular formula is C41H69N3O13S. The van der Waals surface area contributed by atoms with Crippen molar-refractivity contribution in [2.75, 3.05) is 19.7 Å². The number of carboxylic acids is 1. The number of amides is 2. The smallest absolute Gasteiger partial charge is 0.338 e. The number of nitrogens with one attached hydrogen (secondary N) is 2. The number of ether oxygens (including phenoxy) is 3. The summed E-state index contributed by atoms with van der Waals surface area (Å²) >= 11 is 0. The molecule has 17 heteroatoms. The van der Waals surface area contributed by atoms with E-state index in [1.807, 2.05) is 20.8 Å². The van der Waals surface area contributed by atoms with Gasteiger partial charge in [0.1, 0.15) is 22.3 Å². The highest BCUT2D eigenvalue weighted by atomic mass is 32.2. The molecule has 2 fully saturated rings. The van der Waals surface area contributed by atoms with Crippen molar-refractivity contribution in [3.8, 4) is 0 Å². The molecule has 1 aromatic rings. The van der Waals surface area contributed by atoms with Gasteiger partial charge in [0.05, 0.1) is 11.5 Å². The van der Waals surface area contributed by atoms with Crippen LogP contribution in [-0.2, 0) is 53.1 Å². The Labute approximate surface area is 344 Å². The van der Waals surface area contributed by atoms with E-state index in [1.54, 1.807) is 19.1 Å². The van der Waals surface area contributed by atoms with E-state index in [-0.39, 0.29) is 53.3 Å². The molecule has 332 valence electrons. The van der Waals surface area contributed by atoms with Gasteiger partial charge in [0.2, 0.25) is 5.91 Å². The average molecular weight is 844 g/mol. The Morgan fingerprint density at radius 1 is 0.776 bits per heavy atom. The molecule has 2 aliphatic heterocycles. The first-order chi connectivity index (χ1) is 26.8. The summed E-state index contributed by atoms with van der Waals surface area (Å²) in [6, 6.07) is 5.69. The molecule has 0 aliphatic carbocycles. The molecule has 2 saturated heterocycles. The van der Waals surface area contributed by atoms with Crippen LogP contribution in [0.2, 0.25) is 0 Å². The normalized spacial score (nSPS) is 18.9. The highest BCUT2D eigenvalue weighted by molar-refractivity contribution is 7.85. The zero-order chi connectivity index (χ0) is 44.9. The molecular weight excluding hydrogens is 775 g/mol. The van der Waals surface area contributed by atoms with Gasteiger partial charge in [-0.05, 0) is 75.8 Å². The van der Waals surface area contributed by atoms with Gasteiger partial charge in [0.15, 0.2) is 29.8 Å². The number of carbonyl (C=O) groups excluding carboxylic acids is 5. The van der Waals surface area contributed by atoms with Crippen LogP contribution in [0.4, 0.5) is 0 Å². The van der Waals surface area contributed by atoms with Gasteiger partial charge in [0, 0.05) is 31.8 Å². The summed E-state index contributed by atoms with van der Waals surface area (Å²) in [6.07, 6.45) is 0.560. The predicted molar refractivity (Wildman–Crippen MR) is 215 cm³/mol. The van der Waals surface area contributed by atoms with Crippen LogP contribution < -0.4 is 16.4 Å². The number of benzene rings is 1. The molecule has 58 heavy (non-hydrogen) atoms. The minimum Gasteiger partial charge on any atom is -0.744 e. The van der Waals surface area contributed by atoms with Crippen LogP contribution in [0.25, 0.3) is 0 Å². The van der Waals surface area contributed by atoms with Gasteiger partial charge in [-0.15, -0.1) is 0 Å². The number of hydrogen-bond acceptors (Lipinski definition) is 12. The summed E-state index contributed by atoms with van der Waals surface area (Å²) in [5.74, 6) is -0.248. The van der Waals surface area contributed by atoms with E-state index >= 15 is 0 Å². The second-order valence-electron chi connectivity index (χ2n) is 16.2. The first-order valence-corrected chi connectivity index (χ1v) is 21.4. The van der Waals surface area contributed by atoms with E-state index < -0.39 is 46.5 Å². The van der Waals surface area contributed by atoms with E-state index in [0.29, 0.717) is 36.6 Å². The van der Waals surface area contributed by atoms with Crippen LogP contribution in [0.5, 0.6) is 0 Å².